The average Bonchev–Trinajstić information content (AvgIpc) is 3.28. The highest BCUT2D eigenvalue weighted by Crippen LogP contribution is 2.24. The van der Waals surface area contributed by atoms with Crippen molar-refractivity contribution in [1.29, 1.82) is 0 Å². The molecule has 13 heteroatoms. The number of hydrogen-bond donors (Lipinski definition) is 4. The smallest absolute Gasteiger partial charge is 0.306 e. The lowest BCUT2D eigenvalue weighted by atomic mass is 10.00. The summed E-state index contributed by atoms with van der Waals surface area (Å²) in [7, 11) is -4.60. The molecule has 0 aromatic rings. The third-order valence-electron chi connectivity index (χ3n) is 12.8. The highest BCUT2D eigenvalue weighted by atomic mass is 32.2. The molecule has 390 valence electrons. The molecule has 1 fully saturated rings. The van der Waals surface area contributed by atoms with Gasteiger partial charge in [-0.25, -0.2) is 0 Å². The fourth-order valence-electron chi connectivity index (χ4n) is 8.62. The van der Waals surface area contributed by atoms with Gasteiger partial charge in [0.05, 0.1) is 6.61 Å². The highest BCUT2D eigenvalue weighted by molar-refractivity contribution is 7.85. The van der Waals surface area contributed by atoms with Crippen LogP contribution in [-0.2, 0) is 38.7 Å². The van der Waals surface area contributed by atoms with Crippen LogP contribution in [0.3, 0.4) is 0 Å². The standard InChI is InChI=1S/C53H100O12S/c1-3-5-7-9-11-13-15-17-19-20-21-22-23-24-25-26-28-30-32-34-36-38-40-42-49(55)64-46(44-63-53-52(58)51(57)50(56)47(65-53)45-66(59,60)61)43-62-48(54)41-39-37-35-33-31-29-27-18-16-14-12-10-8-6-4-2/h31,33,46-47,50-53,56-58H,3-30,32,34-45H2,1-2H3,(H,59,60,61)/b33-31+/t46-,47-,50-,51?,52?,53+/m1/s1. The van der Waals surface area contributed by atoms with Gasteiger partial charge in [0.2, 0.25) is 0 Å². The summed E-state index contributed by atoms with van der Waals surface area (Å²) in [4.78, 5) is 25.5. The van der Waals surface area contributed by atoms with Gasteiger partial charge in [-0.15, -0.1) is 0 Å². The summed E-state index contributed by atoms with van der Waals surface area (Å²) in [5.41, 5.74) is 0. The average molecular weight is 961 g/mol. The number of esters is 2. The molecule has 0 spiro atoms. The van der Waals surface area contributed by atoms with E-state index in [4.69, 9.17) is 18.9 Å². The van der Waals surface area contributed by atoms with Crippen LogP contribution < -0.4 is 0 Å². The Balaban J connectivity index is 2.32. The lowest BCUT2D eigenvalue weighted by Gasteiger charge is -2.40. The second kappa shape index (κ2) is 43.4. The van der Waals surface area contributed by atoms with E-state index in [1.54, 1.807) is 0 Å². The number of unbranched alkanes of at least 4 members (excludes halogenated alkanes) is 33. The van der Waals surface area contributed by atoms with E-state index in [9.17, 15) is 37.9 Å². The van der Waals surface area contributed by atoms with Crippen molar-refractivity contribution >= 4 is 22.1 Å². The number of hydrogen-bond acceptors (Lipinski definition) is 11. The number of allylic oxidation sites excluding steroid dienone is 2. The molecule has 1 aliphatic heterocycles. The Hall–Kier alpha value is -1.61. The van der Waals surface area contributed by atoms with E-state index >= 15 is 0 Å². The first-order valence-corrected chi connectivity index (χ1v) is 28.9. The molecule has 0 aliphatic carbocycles. The minimum absolute atomic E-state index is 0.167. The molecule has 12 nitrogen and oxygen atoms in total. The molecule has 0 saturated carbocycles. The van der Waals surface area contributed by atoms with Crippen molar-refractivity contribution < 1.29 is 56.8 Å². The summed E-state index contributed by atoms with van der Waals surface area (Å²) in [6, 6.07) is 0. The fourth-order valence-corrected chi connectivity index (χ4v) is 9.31. The van der Waals surface area contributed by atoms with Gasteiger partial charge in [-0.3, -0.25) is 14.1 Å². The van der Waals surface area contributed by atoms with E-state index in [-0.39, 0.29) is 19.4 Å². The van der Waals surface area contributed by atoms with Crippen LogP contribution in [-0.4, -0.2) is 96.0 Å². The Morgan fingerprint density at radius 3 is 1.29 bits per heavy atom. The lowest BCUT2D eigenvalue weighted by Crippen LogP contribution is -2.60. The van der Waals surface area contributed by atoms with E-state index in [2.05, 4.69) is 26.0 Å². The number of carbonyl (C=O) groups is 2. The van der Waals surface area contributed by atoms with Crippen LogP contribution in [0.15, 0.2) is 12.2 Å². The van der Waals surface area contributed by atoms with Gasteiger partial charge in [-0.2, -0.15) is 8.42 Å². The van der Waals surface area contributed by atoms with Gasteiger partial charge in [0.15, 0.2) is 12.4 Å². The van der Waals surface area contributed by atoms with Crippen LogP contribution in [0.25, 0.3) is 0 Å². The molecule has 1 saturated heterocycles. The Labute approximate surface area is 403 Å². The molecule has 2 unspecified atom stereocenters. The van der Waals surface area contributed by atoms with E-state index < -0.39 is 71.2 Å². The van der Waals surface area contributed by atoms with Gasteiger partial charge in [0.1, 0.15) is 36.8 Å². The van der Waals surface area contributed by atoms with Crippen LogP contribution in [0, 0.1) is 0 Å². The zero-order chi connectivity index (χ0) is 48.4. The first-order chi connectivity index (χ1) is 32.0. The maximum Gasteiger partial charge on any atom is 0.306 e. The van der Waals surface area contributed by atoms with Crippen LogP contribution in [0.4, 0.5) is 0 Å². The molecule has 0 radical (unpaired) electrons. The fraction of sp³-hybridized carbons (Fsp3) is 0.925. The first-order valence-electron chi connectivity index (χ1n) is 27.2. The Kier molecular flexibility index (Phi) is 41.0. The normalized spacial score (nSPS) is 19.4. The zero-order valence-electron chi connectivity index (χ0n) is 42.1. The van der Waals surface area contributed by atoms with Crippen LogP contribution in [0.5, 0.6) is 0 Å². The van der Waals surface area contributed by atoms with Gasteiger partial charge in [-0.05, 0) is 38.5 Å². The highest BCUT2D eigenvalue weighted by Gasteiger charge is 2.46. The molecular weight excluding hydrogens is 861 g/mol. The maximum atomic E-state index is 12.9. The van der Waals surface area contributed by atoms with Crippen LogP contribution in [0.2, 0.25) is 0 Å². The molecular formula is C53H100O12S. The van der Waals surface area contributed by atoms with Crippen LogP contribution >= 0.6 is 0 Å². The van der Waals surface area contributed by atoms with E-state index in [0.717, 1.165) is 38.5 Å². The molecule has 4 N–H and O–H groups in total. The van der Waals surface area contributed by atoms with Gasteiger partial charge in [0.25, 0.3) is 10.1 Å². The molecule has 0 amide bonds. The SMILES string of the molecule is CCCCCCCCCCC/C=C/CCCCC(=O)OC[C@H](CO[C@H]1O[C@H](CS(=O)(=O)O)[C@@H](O)C(O)C1O)OC(=O)CCCCCCCCCCCCCCCCCCCCCCCCC. The molecule has 0 bridgehead atoms. The summed E-state index contributed by atoms with van der Waals surface area (Å²) in [6.07, 6.45) is 39.8. The molecule has 1 aliphatic rings. The maximum absolute atomic E-state index is 12.9. The van der Waals surface area contributed by atoms with Crippen molar-refractivity contribution in [2.24, 2.45) is 0 Å². The predicted molar refractivity (Wildman–Crippen MR) is 266 cm³/mol. The van der Waals surface area contributed by atoms with Crippen molar-refractivity contribution in [2.75, 3.05) is 19.0 Å². The van der Waals surface area contributed by atoms with Crippen molar-refractivity contribution in [3.63, 3.8) is 0 Å². The van der Waals surface area contributed by atoms with Crippen LogP contribution in [0.1, 0.15) is 258 Å². The Bertz CT molecular complexity index is 1260. The number of carbonyl (C=O) groups excluding carboxylic acids is 2. The van der Waals surface area contributed by atoms with E-state index in [0.29, 0.717) is 12.8 Å². The Morgan fingerprint density at radius 1 is 0.500 bits per heavy atom. The monoisotopic (exact) mass is 961 g/mol. The topological polar surface area (TPSA) is 186 Å². The summed E-state index contributed by atoms with van der Waals surface area (Å²) in [5.74, 6) is -1.99. The van der Waals surface area contributed by atoms with Gasteiger partial charge >= 0.3 is 11.9 Å². The molecule has 6 atom stereocenters. The van der Waals surface area contributed by atoms with E-state index in [1.807, 2.05) is 0 Å². The minimum Gasteiger partial charge on any atom is -0.462 e. The van der Waals surface area contributed by atoms with Crippen molar-refractivity contribution in [2.45, 2.75) is 295 Å². The van der Waals surface area contributed by atoms with Crippen molar-refractivity contribution in [3.05, 3.63) is 12.2 Å². The predicted octanol–water partition coefficient (Wildman–Crippen LogP) is 12.6. The summed E-state index contributed by atoms with van der Waals surface area (Å²) in [5, 5.41) is 31.0. The number of aliphatic hydroxyl groups is 3. The van der Waals surface area contributed by atoms with Gasteiger partial charge in [-0.1, -0.05) is 219 Å². The Morgan fingerprint density at radius 2 is 0.864 bits per heavy atom. The summed E-state index contributed by atoms with van der Waals surface area (Å²) < 4.78 is 54.3. The van der Waals surface area contributed by atoms with Gasteiger partial charge in [0, 0.05) is 12.8 Å². The van der Waals surface area contributed by atoms with Gasteiger partial charge < -0.3 is 34.3 Å². The second-order valence-corrected chi connectivity index (χ2v) is 20.8. The molecule has 0 aromatic carbocycles. The van der Waals surface area contributed by atoms with Crippen molar-refractivity contribution in [1.82, 2.24) is 0 Å². The number of aliphatic hydroxyl groups excluding tert-OH is 3. The number of rotatable bonds is 47. The third-order valence-corrected chi connectivity index (χ3v) is 13.6. The van der Waals surface area contributed by atoms with E-state index in [1.165, 1.54) is 180 Å². The molecule has 1 heterocycles. The van der Waals surface area contributed by atoms with Crippen molar-refractivity contribution in [3.8, 4) is 0 Å². The summed E-state index contributed by atoms with van der Waals surface area (Å²) in [6.45, 7) is 3.79. The number of ether oxygens (including phenoxy) is 4. The zero-order valence-corrected chi connectivity index (χ0v) is 42.9. The molecule has 1 rings (SSSR count). The quantitative estimate of drug-likeness (QED) is 0.0196. The molecule has 66 heavy (non-hydrogen) atoms. The first kappa shape index (κ1) is 62.4. The minimum atomic E-state index is -4.60. The second-order valence-electron chi connectivity index (χ2n) is 19.3. The lowest BCUT2D eigenvalue weighted by molar-refractivity contribution is -0.297. The molecule has 0 aromatic heterocycles. The largest absolute Gasteiger partial charge is 0.462 e. The summed E-state index contributed by atoms with van der Waals surface area (Å²) >= 11 is 0. The third kappa shape index (κ3) is 37.3.